The predicted molar refractivity (Wildman–Crippen MR) is 82.5 cm³/mol. The molecule has 0 heterocycles. The highest BCUT2D eigenvalue weighted by molar-refractivity contribution is 5.68. The van der Waals surface area contributed by atoms with Crippen molar-refractivity contribution in [2.45, 2.75) is 52.6 Å². The predicted octanol–water partition coefficient (Wildman–Crippen LogP) is 3.36. The third kappa shape index (κ3) is 8.62. The van der Waals surface area contributed by atoms with Crippen LogP contribution in [0.25, 0.3) is 0 Å². The molecule has 114 valence electrons. The van der Waals surface area contributed by atoms with Gasteiger partial charge < -0.3 is 15.4 Å². The maximum absolute atomic E-state index is 11.6. The van der Waals surface area contributed by atoms with Gasteiger partial charge in [-0.1, -0.05) is 19.1 Å². The summed E-state index contributed by atoms with van der Waals surface area (Å²) in [7, 11) is 0. The van der Waals surface area contributed by atoms with E-state index in [0.29, 0.717) is 6.54 Å². The lowest BCUT2D eigenvalue weighted by atomic mass is 10.2. The van der Waals surface area contributed by atoms with Crippen LogP contribution in [0, 0.1) is 5.92 Å². The van der Waals surface area contributed by atoms with Crippen LogP contribution in [0.1, 0.15) is 47.0 Å². The Morgan fingerprint density at radius 2 is 2.00 bits per heavy atom. The van der Waals surface area contributed by atoms with Gasteiger partial charge in [-0.2, -0.15) is 0 Å². The van der Waals surface area contributed by atoms with Crippen LogP contribution in [0.15, 0.2) is 23.9 Å². The van der Waals surface area contributed by atoms with E-state index in [4.69, 9.17) is 4.74 Å². The van der Waals surface area contributed by atoms with Crippen LogP contribution in [0.5, 0.6) is 0 Å². The summed E-state index contributed by atoms with van der Waals surface area (Å²) < 4.78 is 5.22. The van der Waals surface area contributed by atoms with Crippen LogP contribution in [0.4, 0.5) is 4.79 Å². The van der Waals surface area contributed by atoms with Crippen molar-refractivity contribution in [1.82, 2.24) is 10.6 Å². The van der Waals surface area contributed by atoms with E-state index in [2.05, 4.69) is 29.7 Å². The largest absolute Gasteiger partial charge is 0.444 e. The molecule has 1 fully saturated rings. The van der Waals surface area contributed by atoms with E-state index in [-0.39, 0.29) is 6.09 Å². The summed E-state index contributed by atoms with van der Waals surface area (Å²) in [6, 6.07) is 0. The first-order valence-corrected chi connectivity index (χ1v) is 7.49. The molecule has 1 aliphatic carbocycles. The van der Waals surface area contributed by atoms with E-state index >= 15 is 0 Å². The van der Waals surface area contributed by atoms with Crippen molar-refractivity contribution in [3.8, 4) is 0 Å². The molecule has 2 N–H and O–H groups in total. The second-order valence-corrected chi connectivity index (χ2v) is 6.20. The monoisotopic (exact) mass is 280 g/mol. The molecule has 0 radical (unpaired) electrons. The van der Waals surface area contributed by atoms with Crippen LogP contribution in [0.2, 0.25) is 0 Å². The Morgan fingerprint density at radius 3 is 2.55 bits per heavy atom. The number of carbonyl (C=O) groups excluding carboxylic acids is 1. The van der Waals surface area contributed by atoms with Crippen molar-refractivity contribution in [3.63, 3.8) is 0 Å². The van der Waals surface area contributed by atoms with Gasteiger partial charge >= 0.3 is 6.09 Å². The van der Waals surface area contributed by atoms with Crippen molar-refractivity contribution in [2.24, 2.45) is 5.92 Å². The summed E-state index contributed by atoms with van der Waals surface area (Å²) >= 11 is 0. The van der Waals surface area contributed by atoms with E-state index in [1.807, 2.05) is 26.8 Å². The first-order chi connectivity index (χ1) is 9.40. The molecule has 0 spiro atoms. The van der Waals surface area contributed by atoms with Gasteiger partial charge in [-0.25, -0.2) is 4.79 Å². The van der Waals surface area contributed by atoms with Gasteiger partial charge in [0.2, 0.25) is 0 Å². The van der Waals surface area contributed by atoms with Gasteiger partial charge in [0.05, 0.1) is 6.54 Å². The molecule has 4 heteroatoms. The van der Waals surface area contributed by atoms with Crippen LogP contribution in [-0.2, 0) is 4.74 Å². The van der Waals surface area contributed by atoms with Crippen molar-refractivity contribution >= 4 is 6.09 Å². The fourth-order valence-electron chi connectivity index (χ4n) is 1.56. The zero-order valence-electron chi connectivity index (χ0n) is 13.2. The van der Waals surface area contributed by atoms with Crippen molar-refractivity contribution in [3.05, 3.63) is 23.9 Å². The highest BCUT2D eigenvalue weighted by Crippen LogP contribution is 2.29. The number of alkyl carbamates (subject to hydrolysis) is 1. The average Bonchev–Trinajstić information content (AvgIpc) is 3.13. The molecule has 0 atom stereocenters. The molecule has 20 heavy (non-hydrogen) atoms. The molecule has 0 bridgehead atoms. The maximum Gasteiger partial charge on any atom is 0.407 e. The van der Waals surface area contributed by atoms with Crippen LogP contribution in [-0.4, -0.2) is 24.8 Å². The molecule has 4 nitrogen and oxygen atoms in total. The quantitative estimate of drug-likeness (QED) is 0.703. The molecule has 0 aliphatic heterocycles. The lowest BCUT2D eigenvalue weighted by Gasteiger charge is -2.20. The minimum atomic E-state index is -0.462. The first kappa shape index (κ1) is 16.6. The van der Waals surface area contributed by atoms with Crippen LogP contribution >= 0.6 is 0 Å². The highest BCUT2D eigenvalue weighted by Gasteiger charge is 2.17. The summed E-state index contributed by atoms with van der Waals surface area (Å²) in [5, 5.41) is 6.10. The second kappa shape index (κ2) is 7.98. The summed E-state index contributed by atoms with van der Waals surface area (Å²) in [6.07, 6.45) is 9.61. The molecule has 0 aromatic heterocycles. The van der Waals surface area contributed by atoms with Crippen molar-refractivity contribution < 1.29 is 9.53 Å². The SMILES string of the molecule is CCCN/C(=C\C=C\C1CC1)CNC(=O)OC(C)(C)C. The minimum Gasteiger partial charge on any atom is -0.444 e. The third-order valence-corrected chi connectivity index (χ3v) is 2.73. The van der Waals surface area contributed by atoms with Gasteiger partial charge in [-0.3, -0.25) is 0 Å². The van der Waals surface area contributed by atoms with Crippen LogP contribution in [0.3, 0.4) is 0 Å². The van der Waals surface area contributed by atoms with E-state index in [0.717, 1.165) is 24.6 Å². The number of nitrogens with one attached hydrogen (secondary N) is 2. The van der Waals surface area contributed by atoms with Gasteiger partial charge in [0.1, 0.15) is 5.60 Å². The Kier molecular flexibility index (Phi) is 6.62. The zero-order chi connectivity index (χ0) is 15.0. The number of carbonyl (C=O) groups is 1. The fourth-order valence-corrected chi connectivity index (χ4v) is 1.56. The molecule has 1 rings (SSSR count). The Balaban J connectivity index is 2.40. The average molecular weight is 280 g/mol. The number of rotatable bonds is 7. The lowest BCUT2D eigenvalue weighted by molar-refractivity contribution is 0.0532. The Labute approximate surface area is 122 Å². The molecular weight excluding hydrogens is 252 g/mol. The highest BCUT2D eigenvalue weighted by atomic mass is 16.6. The molecule has 0 aromatic carbocycles. The van der Waals surface area contributed by atoms with Gasteiger partial charge in [0, 0.05) is 12.2 Å². The summed E-state index contributed by atoms with van der Waals surface area (Å²) in [5.41, 5.74) is 0.547. The smallest absolute Gasteiger partial charge is 0.407 e. The lowest BCUT2D eigenvalue weighted by Crippen LogP contribution is -2.35. The number of ether oxygens (including phenoxy) is 1. The minimum absolute atomic E-state index is 0.382. The zero-order valence-corrected chi connectivity index (χ0v) is 13.2. The van der Waals surface area contributed by atoms with Gasteiger partial charge in [-0.15, -0.1) is 0 Å². The van der Waals surface area contributed by atoms with E-state index in [1.54, 1.807) is 0 Å². The normalized spacial score (nSPS) is 16.3. The topological polar surface area (TPSA) is 50.4 Å². The standard InChI is InChI=1S/C16H28N2O2/c1-5-11-17-14(8-6-7-13-9-10-13)12-18-15(19)20-16(2,3)4/h6-8,13,17H,5,9-12H2,1-4H3,(H,18,19)/b7-6+,14-8-. The molecule has 0 saturated heterocycles. The Bertz CT molecular complexity index is 363. The Hall–Kier alpha value is -1.45. The third-order valence-electron chi connectivity index (χ3n) is 2.73. The van der Waals surface area contributed by atoms with Crippen molar-refractivity contribution in [1.29, 1.82) is 0 Å². The van der Waals surface area contributed by atoms with Gasteiger partial charge in [0.15, 0.2) is 0 Å². The van der Waals surface area contributed by atoms with E-state index < -0.39 is 5.60 Å². The molecule has 0 aromatic rings. The Morgan fingerprint density at radius 1 is 1.30 bits per heavy atom. The maximum atomic E-state index is 11.6. The second-order valence-electron chi connectivity index (χ2n) is 6.20. The number of allylic oxidation sites excluding steroid dienone is 3. The molecule has 0 unspecified atom stereocenters. The summed E-state index contributed by atoms with van der Waals surface area (Å²) in [4.78, 5) is 11.6. The molecule has 1 aliphatic rings. The van der Waals surface area contributed by atoms with E-state index in [1.165, 1.54) is 12.8 Å². The van der Waals surface area contributed by atoms with E-state index in [9.17, 15) is 4.79 Å². The number of hydrogen-bond acceptors (Lipinski definition) is 3. The summed E-state index contributed by atoms with van der Waals surface area (Å²) in [5.74, 6) is 0.762. The molecular formula is C16H28N2O2. The number of amides is 1. The molecule has 1 saturated carbocycles. The van der Waals surface area contributed by atoms with Crippen molar-refractivity contribution in [2.75, 3.05) is 13.1 Å². The number of hydrogen-bond donors (Lipinski definition) is 2. The van der Waals surface area contributed by atoms with Gasteiger partial charge in [-0.05, 0) is 52.0 Å². The fraction of sp³-hybridized carbons (Fsp3) is 0.688. The summed E-state index contributed by atoms with van der Waals surface area (Å²) in [6.45, 7) is 9.06. The first-order valence-electron chi connectivity index (χ1n) is 7.49. The van der Waals surface area contributed by atoms with Crippen LogP contribution < -0.4 is 10.6 Å². The van der Waals surface area contributed by atoms with Gasteiger partial charge in [0.25, 0.3) is 0 Å². The molecule has 1 amide bonds.